The van der Waals surface area contributed by atoms with Crippen LogP contribution in [0, 0.1) is 0 Å². The summed E-state index contributed by atoms with van der Waals surface area (Å²) in [7, 11) is 0. The van der Waals surface area contributed by atoms with Crippen molar-refractivity contribution in [3.8, 4) is 0 Å². The van der Waals surface area contributed by atoms with Gasteiger partial charge in [0, 0.05) is 19.3 Å². The topological polar surface area (TPSA) is 78.9 Å². The van der Waals surface area contributed by atoms with Crippen molar-refractivity contribution in [2.24, 2.45) is 0 Å². The molecule has 0 amide bonds. The number of unbranched alkanes of at least 4 members (excludes halogenated alkanes) is 26. The molecule has 0 saturated heterocycles. The lowest BCUT2D eigenvalue weighted by Crippen LogP contribution is -2.30. The van der Waals surface area contributed by atoms with Crippen molar-refractivity contribution in [1.82, 2.24) is 0 Å². The Kier molecular flexibility index (Phi) is 53.4. The lowest BCUT2D eigenvalue weighted by molar-refractivity contribution is -0.166. The van der Waals surface area contributed by atoms with Crippen LogP contribution in [-0.2, 0) is 28.6 Å². The van der Waals surface area contributed by atoms with Gasteiger partial charge in [0.2, 0.25) is 0 Å². The summed E-state index contributed by atoms with van der Waals surface area (Å²) in [6.07, 6.45) is 73.0. The molecule has 0 aliphatic rings. The van der Waals surface area contributed by atoms with E-state index in [0.29, 0.717) is 19.3 Å². The summed E-state index contributed by atoms with van der Waals surface area (Å²) in [6, 6.07) is 0. The Balaban J connectivity index is 4.48. The van der Waals surface area contributed by atoms with Crippen molar-refractivity contribution in [1.29, 1.82) is 0 Å². The summed E-state index contributed by atoms with van der Waals surface area (Å²) in [4.78, 5) is 38.1. The SMILES string of the molecule is CC/C=C\C/C=C\C/C=C\C/C=C\C/C=C\C/C=C\CCC(=O)OCC(COC(=O)CCCCCCCCCCCCCCC)OC(=O)CCCCCCCCC/C=C\CCCCCCCCC. The molecule has 0 aliphatic heterocycles. The van der Waals surface area contributed by atoms with E-state index in [1.54, 1.807) is 0 Å². The number of carbonyl (C=O) groups is 3. The maximum atomic E-state index is 12.8. The molecule has 0 fully saturated rings. The number of ether oxygens (including phenoxy) is 3. The molecule has 0 heterocycles. The molecule has 68 heavy (non-hydrogen) atoms. The zero-order valence-corrected chi connectivity index (χ0v) is 44.6. The molecule has 1 unspecified atom stereocenters. The number of allylic oxidation sites excluding steroid dienone is 14. The molecular weight excluding hydrogens is 841 g/mol. The molecule has 0 aliphatic carbocycles. The van der Waals surface area contributed by atoms with Gasteiger partial charge < -0.3 is 14.2 Å². The number of rotatable bonds is 51. The van der Waals surface area contributed by atoms with Crippen LogP contribution in [0.5, 0.6) is 0 Å². The van der Waals surface area contributed by atoms with Crippen LogP contribution >= 0.6 is 0 Å². The van der Waals surface area contributed by atoms with Crippen LogP contribution in [0.2, 0.25) is 0 Å². The molecule has 0 radical (unpaired) electrons. The van der Waals surface area contributed by atoms with Crippen molar-refractivity contribution < 1.29 is 28.6 Å². The molecule has 6 nitrogen and oxygen atoms in total. The first-order chi connectivity index (χ1) is 33.5. The minimum atomic E-state index is -0.808. The van der Waals surface area contributed by atoms with Gasteiger partial charge in [0.05, 0.1) is 0 Å². The molecule has 0 aromatic rings. The van der Waals surface area contributed by atoms with Gasteiger partial charge >= 0.3 is 17.9 Å². The monoisotopic (exact) mass is 947 g/mol. The van der Waals surface area contributed by atoms with Crippen LogP contribution in [-0.4, -0.2) is 37.2 Å². The summed E-state index contributed by atoms with van der Waals surface area (Å²) >= 11 is 0. The first-order valence-corrected chi connectivity index (χ1v) is 28.6. The maximum absolute atomic E-state index is 12.8. The average molecular weight is 948 g/mol. The summed E-state index contributed by atoms with van der Waals surface area (Å²) in [5, 5.41) is 0. The van der Waals surface area contributed by atoms with E-state index in [2.05, 4.69) is 99.8 Å². The molecule has 0 spiro atoms. The molecular formula is C62H106O6. The van der Waals surface area contributed by atoms with E-state index in [4.69, 9.17) is 14.2 Å². The van der Waals surface area contributed by atoms with E-state index in [1.165, 1.54) is 148 Å². The standard InChI is InChI=1S/C62H106O6/c1-4-7-10-13-16-19-22-25-27-29-31-33-34-37-40-43-46-49-52-55-61(64)67-58-59(57-66-60(63)54-51-48-45-42-39-36-24-21-18-15-12-9-6-3)68-62(65)56-53-50-47-44-41-38-35-32-30-28-26-23-20-17-14-11-8-5-2/h7,10,16,19,25,27-28,30-31,33,37,40,46,49,59H,4-6,8-9,11-15,17-18,20-24,26,29,32,34-36,38-39,41-45,47-48,50-58H2,1-3H3/b10-7-,19-16-,27-25-,30-28-,33-31-,40-37-,49-46-. The van der Waals surface area contributed by atoms with E-state index in [0.717, 1.165) is 77.0 Å². The maximum Gasteiger partial charge on any atom is 0.306 e. The highest BCUT2D eigenvalue weighted by molar-refractivity contribution is 5.71. The largest absolute Gasteiger partial charge is 0.462 e. The van der Waals surface area contributed by atoms with Gasteiger partial charge in [-0.15, -0.1) is 0 Å². The molecule has 390 valence electrons. The molecule has 6 heteroatoms. The second-order valence-electron chi connectivity index (χ2n) is 18.8. The first-order valence-electron chi connectivity index (χ1n) is 28.6. The predicted octanol–water partition coefficient (Wildman–Crippen LogP) is 19.2. The first kappa shape index (κ1) is 64.6. The summed E-state index contributed by atoms with van der Waals surface area (Å²) in [5.74, 6) is -0.985. The Morgan fingerprint density at radius 3 is 0.985 bits per heavy atom. The van der Waals surface area contributed by atoms with Gasteiger partial charge in [0.15, 0.2) is 6.10 Å². The zero-order valence-electron chi connectivity index (χ0n) is 44.6. The molecule has 0 bridgehead atoms. The summed E-state index contributed by atoms with van der Waals surface area (Å²) in [6.45, 7) is 6.47. The highest BCUT2D eigenvalue weighted by Gasteiger charge is 2.19. The minimum absolute atomic E-state index is 0.0994. The number of hydrogen-bond acceptors (Lipinski definition) is 6. The van der Waals surface area contributed by atoms with Crippen LogP contribution in [0.15, 0.2) is 85.1 Å². The van der Waals surface area contributed by atoms with Crippen LogP contribution in [0.4, 0.5) is 0 Å². The normalized spacial score (nSPS) is 12.7. The third-order valence-corrected chi connectivity index (χ3v) is 12.1. The smallest absolute Gasteiger partial charge is 0.306 e. The second kappa shape index (κ2) is 56.2. The molecule has 0 saturated carbocycles. The Labute approximate surface area is 420 Å². The minimum Gasteiger partial charge on any atom is -0.462 e. The van der Waals surface area contributed by atoms with Crippen LogP contribution in [0.1, 0.15) is 271 Å². The lowest BCUT2D eigenvalue weighted by Gasteiger charge is -2.18. The average Bonchev–Trinajstić information content (AvgIpc) is 3.34. The van der Waals surface area contributed by atoms with Gasteiger partial charge in [-0.3, -0.25) is 14.4 Å². The predicted molar refractivity (Wildman–Crippen MR) is 293 cm³/mol. The summed E-state index contributed by atoms with van der Waals surface area (Å²) < 4.78 is 16.8. The lowest BCUT2D eigenvalue weighted by atomic mass is 10.0. The molecule has 1 atom stereocenters. The highest BCUT2D eigenvalue weighted by atomic mass is 16.6. The van der Waals surface area contributed by atoms with Crippen molar-refractivity contribution in [3.05, 3.63) is 85.1 Å². The number of esters is 3. The second-order valence-corrected chi connectivity index (χ2v) is 18.8. The van der Waals surface area contributed by atoms with Crippen LogP contribution in [0.3, 0.4) is 0 Å². The van der Waals surface area contributed by atoms with Crippen molar-refractivity contribution in [3.63, 3.8) is 0 Å². The van der Waals surface area contributed by atoms with Gasteiger partial charge in [-0.2, -0.15) is 0 Å². The molecule has 0 N–H and O–H groups in total. The summed E-state index contributed by atoms with van der Waals surface area (Å²) in [5.41, 5.74) is 0. The fourth-order valence-corrected chi connectivity index (χ4v) is 7.88. The quantitative estimate of drug-likeness (QED) is 0.0262. The third-order valence-electron chi connectivity index (χ3n) is 12.1. The molecule has 0 aromatic carbocycles. The van der Waals surface area contributed by atoms with Crippen molar-refractivity contribution in [2.75, 3.05) is 13.2 Å². The fraction of sp³-hybridized carbons (Fsp3) is 0.726. The van der Waals surface area contributed by atoms with Crippen molar-refractivity contribution >= 4 is 17.9 Å². The Bertz CT molecular complexity index is 1320. The fourth-order valence-electron chi connectivity index (χ4n) is 7.88. The molecule has 0 aromatic heterocycles. The van der Waals surface area contributed by atoms with Gasteiger partial charge in [-0.1, -0.05) is 254 Å². The van der Waals surface area contributed by atoms with Gasteiger partial charge in [-0.25, -0.2) is 0 Å². The van der Waals surface area contributed by atoms with Gasteiger partial charge in [0.1, 0.15) is 13.2 Å². The van der Waals surface area contributed by atoms with E-state index in [9.17, 15) is 14.4 Å². The van der Waals surface area contributed by atoms with Crippen LogP contribution < -0.4 is 0 Å². The Morgan fingerprint density at radius 2 is 0.603 bits per heavy atom. The van der Waals surface area contributed by atoms with Gasteiger partial charge in [0.25, 0.3) is 0 Å². The number of hydrogen-bond donors (Lipinski definition) is 0. The number of carbonyl (C=O) groups excluding carboxylic acids is 3. The van der Waals surface area contributed by atoms with E-state index >= 15 is 0 Å². The zero-order chi connectivity index (χ0) is 49.3. The van der Waals surface area contributed by atoms with E-state index in [-0.39, 0.29) is 37.5 Å². The Morgan fingerprint density at radius 1 is 0.309 bits per heavy atom. The van der Waals surface area contributed by atoms with Crippen molar-refractivity contribution in [2.45, 2.75) is 277 Å². The van der Waals surface area contributed by atoms with E-state index in [1.807, 2.05) is 6.08 Å². The van der Waals surface area contributed by atoms with Crippen LogP contribution in [0.25, 0.3) is 0 Å². The molecule has 0 rings (SSSR count). The third kappa shape index (κ3) is 53.5. The highest BCUT2D eigenvalue weighted by Crippen LogP contribution is 2.15. The Hall–Kier alpha value is -3.41. The van der Waals surface area contributed by atoms with Gasteiger partial charge in [-0.05, 0) is 83.5 Å². The van der Waals surface area contributed by atoms with E-state index < -0.39 is 6.10 Å².